The van der Waals surface area contributed by atoms with Crippen LogP contribution >= 0.6 is 15.9 Å². The quantitative estimate of drug-likeness (QED) is 0.627. The summed E-state index contributed by atoms with van der Waals surface area (Å²) in [5, 5.41) is 0. The summed E-state index contributed by atoms with van der Waals surface area (Å²) in [7, 11) is 0. The Labute approximate surface area is 134 Å². The van der Waals surface area contributed by atoms with Crippen molar-refractivity contribution in [1.82, 2.24) is 0 Å². The minimum absolute atomic E-state index is 0.0235. The first kappa shape index (κ1) is 15.8. The fourth-order valence-corrected chi connectivity index (χ4v) is 3.14. The lowest BCUT2D eigenvalue weighted by Crippen LogP contribution is -2.11. The number of ketones is 1. The number of carbonyl (C=O) groups is 1. The molecule has 2 N–H and O–H groups in total. The SMILES string of the molecule is Cc1c(C)c(C)c(C(=O)c2cccc(N)c2Br)c(C)c1C. The van der Waals surface area contributed by atoms with Gasteiger partial charge in [0.05, 0.1) is 4.47 Å². The number of hydrogen-bond acceptors (Lipinski definition) is 2. The first-order valence-electron chi connectivity index (χ1n) is 6.93. The number of benzene rings is 2. The van der Waals surface area contributed by atoms with E-state index in [2.05, 4.69) is 36.7 Å². The Morgan fingerprint density at radius 2 is 1.38 bits per heavy atom. The van der Waals surface area contributed by atoms with Crippen molar-refractivity contribution in [2.45, 2.75) is 34.6 Å². The summed E-state index contributed by atoms with van der Waals surface area (Å²) in [6.07, 6.45) is 0. The molecule has 0 bridgehead atoms. The number of nitrogen functional groups attached to an aromatic ring is 1. The second kappa shape index (κ2) is 5.64. The van der Waals surface area contributed by atoms with Crippen molar-refractivity contribution in [2.75, 3.05) is 5.73 Å². The van der Waals surface area contributed by atoms with Crippen LogP contribution in [0.5, 0.6) is 0 Å². The molecule has 0 atom stereocenters. The van der Waals surface area contributed by atoms with Gasteiger partial charge in [-0.05, 0) is 90.5 Å². The fourth-order valence-electron chi connectivity index (χ4n) is 2.70. The molecule has 21 heavy (non-hydrogen) atoms. The van der Waals surface area contributed by atoms with Crippen LogP contribution in [0.4, 0.5) is 5.69 Å². The van der Waals surface area contributed by atoms with Gasteiger partial charge in [0.2, 0.25) is 0 Å². The van der Waals surface area contributed by atoms with E-state index in [0.717, 1.165) is 16.7 Å². The van der Waals surface area contributed by atoms with Gasteiger partial charge in [0.25, 0.3) is 0 Å². The molecule has 0 heterocycles. The van der Waals surface area contributed by atoms with Crippen LogP contribution in [0.15, 0.2) is 22.7 Å². The molecule has 110 valence electrons. The Morgan fingerprint density at radius 3 is 1.90 bits per heavy atom. The van der Waals surface area contributed by atoms with Crippen molar-refractivity contribution < 1.29 is 4.79 Å². The maximum atomic E-state index is 13.0. The van der Waals surface area contributed by atoms with Crippen LogP contribution in [0.25, 0.3) is 0 Å². The first-order chi connectivity index (χ1) is 9.77. The summed E-state index contributed by atoms with van der Waals surface area (Å²) in [5.41, 5.74) is 13.6. The number of rotatable bonds is 2. The van der Waals surface area contributed by atoms with Gasteiger partial charge in [-0.2, -0.15) is 0 Å². The van der Waals surface area contributed by atoms with Crippen LogP contribution in [0, 0.1) is 34.6 Å². The molecule has 2 aromatic carbocycles. The predicted octanol–water partition coefficient (Wildman–Crippen LogP) is 4.80. The van der Waals surface area contributed by atoms with Crippen molar-refractivity contribution in [3.05, 3.63) is 61.6 Å². The van der Waals surface area contributed by atoms with E-state index in [1.165, 1.54) is 16.7 Å². The van der Waals surface area contributed by atoms with Crippen molar-refractivity contribution >= 4 is 27.4 Å². The maximum absolute atomic E-state index is 13.0. The van der Waals surface area contributed by atoms with E-state index in [4.69, 9.17) is 5.73 Å². The average Bonchev–Trinajstić information content (AvgIpc) is 2.46. The molecule has 0 aliphatic rings. The van der Waals surface area contributed by atoms with E-state index in [9.17, 15) is 4.79 Å². The van der Waals surface area contributed by atoms with Gasteiger partial charge < -0.3 is 5.73 Å². The third-order valence-electron chi connectivity index (χ3n) is 4.50. The van der Waals surface area contributed by atoms with Crippen LogP contribution in [-0.2, 0) is 0 Å². The molecule has 0 spiro atoms. The summed E-state index contributed by atoms with van der Waals surface area (Å²) in [6, 6.07) is 5.41. The van der Waals surface area contributed by atoms with Gasteiger partial charge in [-0.3, -0.25) is 4.79 Å². The van der Waals surface area contributed by atoms with E-state index in [0.29, 0.717) is 15.7 Å². The van der Waals surface area contributed by atoms with Gasteiger partial charge >= 0.3 is 0 Å². The molecule has 0 radical (unpaired) electrons. The molecule has 0 fully saturated rings. The number of anilines is 1. The smallest absolute Gasteiger partial charge is 0.194 e. The van der Waals surface area contributed by atoms with Crippen LogP contribution in [0.2, 0.25) is 0 Å². The van der Waals surface area contributed by atoms with E-state index < -0.39 is 0 Å². The minimum Gasteiger partial charge on any atom is -0.398 e. The van der Waals surface area contributed by atoms with Crippen LogP contribution in [0.3, 0.4) is 0 Å². The lowest BCUT2D eigenvalue weighted by molar-refractivity contribution is 0.103. The van der Waals surface area contributed by atoms with E-state index in [-0.39, 0.29) is 5.78 Å². The van der Waals surface area contributed by atoms with E-state index in [1.54, 1.807) is 6.07 Å². The van der Waals surface area contributed by atoms with Gasteiger partial charge in [0, 0.05) is 16.8 Å². The molecule has 0 aliphatic heterocycles. The van der Waals surface area contributed by atoms with E-state index in [1.807, 2.05) is 26.0 Å². The molecule has 0 saturated heterocycles. The monoisotopic (exact) mass is 345 g/mol. The molecule has 3 heteroatoms. The highest BCUT2D eigenvalue weighted by molar-refractivity contribution is 9.10. The van der Waals surface area contributed by atoms with E-state index >= 15 is 0 Å². The number of nitrogens with two attached hydrogens (primary N) is 1. The largest absolute Gasteiger partial charge is 0.398 e. The Hall–Kier alpha value is -1.61. The first-order valence-corrected chi connectivity index (χ1v) is 7.72. The highest BCUT2D eigenvalue weighted by Gasteiger charge is 2.21. The maximum Gasteiger partial charge on any atom is 0.194 e. The number of carbonyl (C=O) groups excluding carboxylic acids is 1. The zero-order chi connectivity index (χ0) is 15.9. The van der Waals surface area contributed by atoms with Crippen LogP contribution in [0.1, 0.15) is 43.7 Å². The van der Waals surface area contributed by atoms with Gasteiger partial charge in [-0.25, -0.2) is 0 Å². The van der Waals surface area contributed by atoms with Crippen molar-refractivity contribution in [2.24, 2.45) is 0 Å². The fraction of sp³-hybridized carbons (Fsp3) is 0.278. The summed E-state index contributed by atoms with van der Waals surface area (Å²) in [6.45, 7) is 10.3. The van der Waals surface area contributed by atoms with Gasteiger partial charge in [0.15, 0.2) is 5.78 Å². The van der Waals surface area contributed by atoms with Crippen molar-refractivity contribution in [3.8, 4) is 0 Å². The highest BCUT2D eigenvalue weighted by atomic mass is 79.9. The molecular weight excluding hydrogens is 326 g/mol. The summed E-state index contributed by atoms with van der Waals surface area (Å²) >= 11 is 3.43. The summed E-state index contributed by atoms with van der Waals surface area (Å²) < 4.78 is 0.671. The Kier molecular flexibility index (Phi) is 4.24. The standard InChI is InChI=1S/C18H20BrNO/c1-9-10(2)12(4)16(13(5)11(9)3)18(21)14-7-6-8-15(20)17(14)19/h6-8H,20H2,1-5H3. The molecule has 2 aromatic rings. The molecule has 0 saturated carbocycles. The van der Waals surface area contributed by atoms with Crippen LogP contribution < -0.4 is 5.73 Å². The second-order valence-electron chi connectivity index (χ2n) is 5.54. The normalized spacial score (nSPS) is 10.8. The molecule has 0 aromatic heterocycles. The highest BCUT2D eigenvalue weighted by Crippen LogP contribution is 2.31. The third-order valence-corrected chi connectivity index (χ3v) is 5.39. The predicted molar refractivity (Wildman–Crippen MR) is 92.1 cm³/mol. The summed E-state index contributed by atoms with van der Waals surface area (Å²) in [5.74, 6) is 0.0235. The average molecular weight is 346 g/mol. The zero-order valence-corrected chi connectivity index (χ0v) is 14.7. The Morgan fingerprint density at radius 1 is 0.905 bits per heavy atom. The molecule has 0 amide bonds. The van der Waals surface area contributed by atoms with Crippen LogP contribution in [-0.4, -0.2) is 5.78 Å². The summed E-state index contributed by atoms with van der Waals surface area (Å²) in [4.78, 5) is 13.0. The van der Waals surface area contributed by atoms with Gasteiger partial charge in [0.1, 0.15) is 0 Å². The Balaban J connectivity index is 2.73. The molecule has 0 unspecified atom stereocenters. The molecule has 2 nitrogen and oxygen atoms in total. The molecular formula is C18H20BrNO. The van der Waals surface area contributed by atoms with Crippen molar-refractivity contribution in [1.29, 1.82) is 0 Å². The van der Waals surface area contributed by atoms with Crippen molar-refractivity contribution in [3.63, 3.8) is 0 Å². The van der Waals surface area contributed by atoms with Gasteiger partial charge in [-0.15, -0.1) is 0 Å². The lowest BCUT2D eigenvalue weighted by Gasteiger charge is -2.18. The minimum atomic E-state index is 0.0235. The third kappa shape index (κ3) is 2.51. The zero-order valence-electron chi connectivity index (χ0n) is 13.1. The molecule has 0 aliphatic carbocycles. The Bertz CT molecular complexity index is 718. The topological polar surface area (TPSA) is 43.1 Å². The number of hydrogen-bond donors (Lipinski definition) is 1. The second-order valence-corrected chi connectivity index (χ2v) is 6.33. The number of halogens is 1. The van der Waals surface area contributed by atoms with Gasteiger partial charge in [-0.1, -0.05) is 6.07 Å². The lowest BCUT2D eigenvalue weighted by atomic mass is 9.86. The molecule has 2 rings (SSSR count).